The molecular formula is C14H18N2S. The molecule has 2 rings (SSSR count). The number of hydrogen-bond donors (Lipinski definition) is 1. The van der Waals surface area contributed by atoms with E-state index in [1.54, 1.807) is 11.3 Å². The number of benzene rings is 1. The van der Waals surface area contributed by atoms with Gasteiger partial charge in [0.05, 0.1) is 5.69 Å². The predicted molar refractivity (Wildman–Crippen MR) is 75.7 cm³/mol. The number of nitrogens with zero attached hydrogens (tertiary/aromatic N) is 1. The van der Waals surface area contributed by atoms with E-state index in [2.05, 4.69) is 67.6 Å². The summed E-state index contributed by atoms with van der Waals surface area (Å²) >= 11 is 1.65. The Balaban J connectivity index is 2.21. The van der Waals surface area contributed by atoms with Crippen molar-refractivity contribution >= 4 is 16.5 Å². The first kappa shape index (κ1) is 12.1. The Morgan fingerprint density at radius 3 is 2.35 bits per heavy atom. The van der Waals surface area contributed by atoms with Gasteiger partial charge in [-0.25, -0.2) is 4.98 Å². The summed E-state index contributed by atoms with van der Waals surface area (Å²) in [6.07, 6.45) is 0. The maximum Gasteiger partial charge on any atom is 0.183 e. The molecule has 0 aliphatic rings. The Labute approximate surface area is 107 Å². The van der Waals surface area contributed by atoms with Crippen LogP contribution in [-0.2, 0) is 0 Å². The van der Waals surface area contributed by atoms with Crippen LogP contribution in [-0.4, -0.2) is 10.5 Å². The predicted octanol–water partition coefficient (Wildman–Crippen LogP) is 4.33. The van der Waals surface area contributed by atoms with Crippen molar-refractivity contribution in [2.24, 2.45) is 0 Å². The highest BCUT2D eigenvalue weighted by molar-refractivity contribution is 7.14. The van der Waals surface area contributed by atoms with Gasteiger partial charge in [0.25, 0.3) is 0 Å². The van der Waals surface area contributed by atoms with Crippen molar-refractivity contribution in [3.05, 3.63) is 35.2 Å². The normalized spacial score (nSPS) is 11.5. The SMILES string of the molecule is Cc1ccc(-c2csc(NC(C)(C)C)n2)cc1. The summed E-state index contributed by atoms with van der Waals surface area (Å²) in [5.74, 6) is 0. The van der Waals surface area contributed by atoms with Crippen LogP contribution in [0.5, 0.6) is 0 Å². The lowest BCUT2D eigenvalue weighted by molar-refractivity contribution is 0.633. The lowest BCUT2D eigenvalue weighted by atomic mass is 10.1. The molecule has 0 saturated heterocycles. The van der Waals surface area contributed by atoms with Crippen LogP contribution in [0, 0.1) is 6.92 Å². The van der Waals surface area contributed by atoms with E-state index >= 15 is 0 Å². The third-order valence-corrected chi connectivity index (χ3v) is 3.09. The van der Waals surface area contributed by atoms with Crippen LogP contribution in [0.25, 0.3) is 11.3 Å². The van der Waals surface area contributed by atoms with E-state index in [-0.39, 0.29) is 5.54 Å². The van der Waals surface area contributed by atoms with Gasteiger partial charge in [-0.05, 0) is 27.7 Å². The number of thiazole rings is 1. The van der Waals surface area contributed by atoms with Gasteiger partial charge in [0.1, 0.15) is 0 Å². The lowest BCUT2D eigenvalue weighted by Gasteiger charge is -2.19. The van der Waals surface area contributed by atoms with Gasteiger partial charge in [-0.3, -0.25) is 0 Å². The Morgan fingerprint density at radius 1 is 1.12 bits per heavy atom. The van der Waals surface area contributed by atoms with Gasteiger partial charge in [0, 0.05) is 16.5 Å². The number of rotatable bonds is 2. The second kappa shape index (κ2) is 4.49. The molecule has 2 aromatic rings. The average Bonchev–Trinajstić information content (AvgIpc) is 2.64. The highest BCUT2D eigenvalue weighted by Crippen LogP contribution is 2.26. The molecule has 1 N–H and O–H groups in total. The van der Waals surface area contributed by atoms with Gasteiger partial charge in [-0.1, -0.05) is 29.8 Å². The molecule has 0 fully saturated rings. The Kier molecular flexibility index (Phi) is 3.20. The zero-order valence-electron chi connectivity index (χ0n) is 10.7. The zero-order chi connectivity index (χ0) is 12.5. The summed E-state index contributed by atoms with van der Waals surface area (Å²) in [6.45, 7) is 8.51. The molecule has 0 aliphatic heterocycles. The Hall–Kier alpha value is -1.35. The molecule has 0 radical (unpaired) electrons. The molecule has 0 atom stereocenters. The topological polar surface area (TPSA) is 24.9 Å². The van der Waals surface area contributed by atoms with Crippen molar-refractivity contribution in [3.63, 3.8) is 0 Å². The van der Waals surface area contributed by atoms with E-state index in [1.165, 1.54) is 11.1 Å². The Morgan fingerprint density at radius 2 is 1.76 bits per heavy atom. The fraction of sp³-hybridized carbons (Fsp3) is 0.357. The molecule has 0 aliphatic carbocycles. The van der Waals surface area contributed by atoms with Gasteiger partial charge in [-0.2, -0.15) is 0 Å². The third-order valence-electron chi connectivity index (χ3n) is 2.33. The summed E-state index contributed by atoms with van der Waals surface area (Å²) in [4.78, 5) is 4.60. The smallest absolute Gasteiger partial charge is 0.183 e. The zero-order valence-corrected chi connectivity index (χ0v) is 11.6. The number of anilines is 1. The van der Waals surface area contributed by atoms with Gasteiger partial charge >= 0.3 is 0 Å². The average molecular weight is 246 g/mol. The molecule has 3 heteroatoms. The molecule has 0 saturated carbocycles. The number of nitrogens with one attached hydrogen (secondary N) is 1. The molecule has 0 unspecified atom stereocenters. The van der Waals surface area contributed by atoms with Gasteiger partial charge in [0.15, 0.2) is 5.13 Å². The van der Waals surface area contributed by atoms with Crippen LogP contribution in [0.4, 0.5) is 5.13 Å². The maximum atomic E-state index is 4.60. The molecule has 2 nitrogen and oxygen atoms in total. The molecule has 0 spiro atoms. The van der Waals surface area contributed by atoms with Crippen molar-refractivity contribution < 1.29 is 0 Å². The van der Waals surface area contributed by atoms with Gasteiger partial charge < -0.3 is 5.32 Å². The van der Waals surface area contributed by atoms with Crippen LogP contribution in [0.3, 0.4) is 0 Å². The molecular weight excluding hydrogens is 228 g/mol. The van der Waals surface area contributed by atoms with Crippen molar-refractivity contribution in [1.29, 1.82) is 0 Å². The minimum absolute atomic E-state index is 0.0579. The lowest BCUT2D eigenvalue weighted by Crippen LogP contribution is -2.25. The Bertz CT molecular complexity index is 492. The monoisotopic (exact) mass is 246 g/mol. The van der Waals surface area contributed by atoms with Crippen molar-refractivity contribution in [1.82, 2.24) is 4.98 Å². The van der Waals surface area contributed by atoms with E-state index in [0.717, 1.165) is 10.8 Å². The van der Waals surface area contributed by atoms with E-state index in [4.69, 9.17) is 0 Å². The van der Waals surface area contributed by atoms with Crippen molar-refractivity contribution in [3.8, 4) is 11.3 Å². The van der Waals surface area contributed by atoms with E-state index in [9.17, 15) is 0 Å². The number of aryl methyl sites for hydroxylation is 1. The standard InChI is InChI=1S/C14H18N2S/c1-10-5-7-11(8-6-10)12-9-17-13(15-12)16-14(2,3)4/h5-9H,1-4H3,(H,15,16). The minimum Gasteiger partial charge on any atom is -0.357 e. The summed E-state index contributed by atoms with van der Waals surface area (Å²) in [5, 5.41) is 6.47. The van der Waals surface area contributed by atoms with Crippen LogP contribution in [0.1, 0.15) is 26.3 Å². The van der Waals surface area contributed by atoms with Crippen LogP contribution in [0.15, 0.2) is 29.6 Å². The van der Waals surface area contributed by atoms with Crippen LogP contribution < -0.4 is 5.32 Å². The summed E-state index contributed by atoms with van der Waals surface area (Å²) in [6, 6.07) is 8.47. The fourth-order valence-corrected chi connectivity index (χ4v) is 2.44. The van der Waals surface area contributed by atoms with E-state index in [1.807, 2.05) is 0 Å². The highest BCUT2D eigenvalue weighted by Gasteiger charge is 2.12. The van der Waals surface area contributed by atoms with Crippen molar-refractivity contribution in [2.45, 2.75) is 33.2 Å². The molecule has 1 aromatic heterocycles. The fourth-order valence-electron chi connectivity index (χ4n) is 1.51. The summed E-state index contributed by atoms with van der Waals surface area (Å²) < 4.78 is 0. The molecule has 1 aromatic carbocycles. The number of hydrogen-bond acceptors (Lipinski definition) is 3. The van der Waals surface area contributed by atoms with Gasteiger partial charge in [-0.15, -0.1) is 11.3 Å². The van der Waals surface area contributed by atoms with E-state index < -0.39 is 0 Å². The molecule has 0 bridgehead atoms. The molecule has 1 heterocycles. The van der Waals surface area contributed by atoms with Crippen LogP contribution in [0.2, 0.25) is 0 Å². The first-order valence-corrected chi connectivity index (χ1v) is 6.63. The first-order chi connectivity index (χ1) is 7.94. The van der Waals surface area contributed by atoms with Crippen molar-refractivity contribution in [2.75, 3.05) is 5.32 Å². The first-order valence-electron chi connectivity index (χ1n) is 5.75. The molecule has 0 amide bonds. The van der Waals surface area contributed by atoms with Crippen LogP contribution >= 0.6 is 11.3 Å². The molecule has 17 heavy (non-hydrogen) atoms. The second-order valence-electron chi connectivity index (χ2n) is 5.28. The van der Waals surface area contributed by atoms with E-state index in [0.29, 0.717) is 0 Å². The highest BCUT2D eigenvalue weighted by atomic mass is 32.1. The second-order valence-corrected chi connectivity index (χ2v) is 6.14. The maximum absolute atomic E-state index is 4.60. The largest absolute Gasteiger partial charge is 0.357 e. The summed E-state index contributed by atoms with van der Waals surface area (Å²) in [5.41, 5.74) is 3.55. The molecule has 90 valence electrons. The number of aromatic nitrogens is 1. The van der Waals surface area contributed by atoms with Gasteiger partial charge in [0.2, 0.25) is 0 Å². The quantitative estimate of drug-likeness (QED) is 0.853. The third kappa shape index (κ3) is 3.30. The minimum atomic E-state index is 0.0579. The summed E-state index contributed by atoms with van der Waals surface area (Å²) in [7, 11) is 0.